The van der Waals surface area contributed by atoms with Gasteiger partial charge in [-0.2, -0.15) is 16.9 Å². The minimum Gasteiger partial charge on any atom is -0.305 e. The summed E-state index contributed by atoms with van der Waals surface area (Å²) in [6, 6.07) is 4.74. The Morgan fingerprint density at radius 3 is 3.11 bits per heavy atom. The first kappa shape index (κ1) is 13.2. The van der Waals surface area contributed by atoms with Crippen molar-refractivity contribution in [2.45, 2.75) is 25.1 Å². The molecule has 1 unspecified atom stereocenters. The van der Waals surface area contributed by atoms with Crippen molar-refractivity contribution in [3.8, 4) is 0 Å². The van der Waals surface area contributed by atoms with E-state index in [9.17, 15) is 0 Å². The molecule has 0 aromatic carbocycles. The molecule has 0 bridgehead atoms. The molecular formula is C14H19N3S2. The Hall–Kier alpha value is -0.780. The average molecular weight is 293 g/mol. The van der Waals surface area contributed by atoms with E-state index < -0.39 is 0 Å². The van der Waals surface area contributed by atoms with Gasteiger partial charge in [-0.25, -0.2) is 0 Å². The zero-order valence-electron chi connectivity index (χ0n) is 11.3. The lowest BCUT2D eigenvalue weighted by Gasteiger charge is -2.13. The zero-order chi connectivity index (χ0) is 13.2. The Balaban J connectivity index is 1.93. The van der Waals surface area contributed by atoms with E-state index >= 15 is 0 Å². The van der Waals surface area contributed by atoms with E-state index in [4.69, 9.17) is 0 Å². The number of hydrogen-bond acceptors (Lipinski definition) is 4. The van der Waals surface area contributed by atoms with Crippen LogP contribution in [0.25, 0.3) is 0 Å². The molecule has 0 saturated carbocycles. The van der Waals surface area contributed by atoms with E-state index in [1.54, 1.807) is 4.88 Å². The van der Waals surface area contributed by atoms with Crippen LogP contribution < -0.4 is 5.32 Å². The number of rotatable bonds is 4. The van der Waals surface area contributed by atoms with Crippen molar-refractivity contribution < 1.29 is 0 Å². The largest absolute Gasteiger partial charge is 0.305 e. The maximum absolute atomic E-state index is 4.57. The monoisotopic (exact) mass is 293 g/mol. The second kappa shape index (κ2) is 5.69. The predicted octanol–water partition coefficient (Wildman–Crippen LogP) is 2.97. The molecule has 1 N–H and O–H groups in total. The van der Waals surface area contributed by atoms with Gasteiger partial charge in [0, 0.05) is 28.8 Å². The molecule has 2 aromatic heterocycles. The molecule has 0 radical (unpaired) electrons. The number of aromatic nitrogens is 2. The molecule has 2 aromatic rings. The van der Waals surface area contributed by atoms with Crippen LogP contribution >= 0.6 is 23.1 Å². The van der Waals surface area contributed by atoms with Crippen molar-refractivity contribution in [1.82, 2.24) is 15.1 Å². The fourth-order valence-corrected chi connectivity index (χ4v) is 4.92. The summed E-state index contributed by atoms with van der Waals surface area (Å²) in [6.45, 7) is 3.11. The Labute approximate surface area is 122 Å². The van der Waals surface area contributed by atoms with Crippen molar-refractivity contribution in [2.24, 2.45) is 7.05 Å². The van der Waals surface area contributed by atoms with Crippen LogP contribution in [0.5, 0.6) is 0 Å². The third-order valence-electron chi connectivity index (χ3n) is 3.37. The SMILES string of the molecule is CCNC(c1ccn(C)n1)c1cc2c(s1)CCSC2. The lowest BCUT2D eigenvalue weighted by molar-refractivity contribution is 0.607. The average Bonchev–Trinajstić information content (AvgIpc) is 3.01. The standard InChI is InChI=1S/C14H19N3S2/c1-3-15-14(11-4-6-17(2)16-11)13-8-10-9-18-7-5-12(10)19-13/h4,6,8,14-15H,3,5,7,9H2,1-2H3. The van der Waals surface area contributed by atoms with E-state index in [2.05, 4.69) is 29.5 Å². The van der Waals surface area contributed by atoms with Crippen molar-refractivity contribution >= 4 is 23.1 Å². The van der Waals surface area contributed by atoms with Crippen LogP contribution in [0.2, 0.25) is 0 Å². The van der Waals surface area contributed by atoms with Crippen molar-refractivity contribution in [3.63, 3.8) is 0 Å². The van der Waals surface area contributed by atoms with Crippen molar-refractivity contribution in [1.29, 1.82) is 0 Å². The molecule has 0 fully saturated rings. The van der Waals surface area contributed by atoms with Crippen LogP contribution in [0.4, 0.5) is 0 Å². The minimum atomic E-state index is 0.242. The summed E-state index contributed by atoms with van der Waals surface area (Å²) < 4.78 is 1.88. The Morgan fingerprint density at radius 2 is 2.42 bits per heavy atom. The molecule has 102 valence electrons. The zero-order valence-corrected chi connectivity index (χ0v) is 13.0. The van der Waals surface area contributed by atoms with Crippen LogP contribution in [-0.4, -0.2) is 22.1 Å². The van der Waals surface area contributed by atoms with Gasteiger partial charge in [0.1, 0.15) is 0 Å². The van der Waals surface area contributed by atoms with Gasteiger partial charge in [0.05, 0.1) is 11.7 Å². The topological polar surface area (TPSA) is 29.9 Å². The minimum absolute atomic E-state index is 0.242. The number of thiophene rings is 1. The second-order valence-electron chi connectivity index (χ2n) is 4.80. The molecule has 0 amide bonds. The number of nitrogens with zero attached hydrogens (tertiary/aromatic N) is 2. The molecular weight excluding hydrogens is 274 g/mol. The Kier molecular flexibility index (Phi) is 3.96. The fraction of sp³-hybridized carbons (Fsp3) is 0.500. The van der Waals surface area contributed by atoms with Gasteiger partial charge in [-0.15, -0.1) is 11.3 Å². The summed E-state index contributed by atoms with van der Waals surface area (Å²) in [6.07, 6.45) is 3.24. The molecule has 1 aliphatic heterocycles. The summed E-state index contributed by atoms with van der Waals surface area (Å²) >= 11 is 4.00. The van der Waals surface area contributed by atoms with E-state index in [0.29, 0.717) is 0 Å². The molecule has 5 heteroatoms. The van der Waals surface area contributed by atoms with Crippen molar-refractivity contribution in [3.05, 3.63) is 39.3 Å². The molecule has 3 rings (SSSR count). The highest BCUT2D eigenvalue weighted by Crippen LogP contribution is 2.36. The summed E-state index contributed by atoms with van der Waals surface area (Å²) in [5, 5.41) is 8.13. The predicted molar refractivity (Wildman–Crippen MR) is 82.9 cm³/mol. The number of fused-ring (bicyclic) bond motifs is 1. The highest BCUT2D eigenvalue weighted by atomic mass is 32.2. The Bertz CT molecular complexity index is 535. The summed E-state index contributed by atoms with van der Waals surface area (Å²) in [5.41, 5.74) is 2.66. The second-order valence-corrected chi connectivity index (χ2v) is 7.08. The first-order chi connectivity index (χ1) is 9.28. The molecule has 0 saturated heterocycles. The maximum atomic E-state index is 4.57. The van der Waals surface area contributed by atoms with Gasteiger partial charge in [-0.1, -0.05) is 6.92 Å². The summed E-state index contributed by atoms with van der Waals surface area (Å²) in [7, 11) is 1.97. The van der Waals surface area contributed by atoms with E-state index in [0.717, 1.165) is 12.2 Å². The quantitative estimate of drug-likeness (QED) is 0.940. The molecule has 0 spiro atoms. The molecule has 19 heavy (non-hydrogen) atoms. The number of nitrogens with one attached hydrogen (secondary N) is 1. The van der Waals surface area contributed by atoms with Gasteiger partial charge < -0.3 is 5.32 Å². The molecule has 1 aliphatic rings. The highest BCUT2D eigenvalue weighted by Gasteiger charge is 2.21. The third-order valence-corrected chi connectivity index (χ3v) is 5.68. The maximum Gasteiger partial charge on any atom is 0.0863 e. The summed E-state index contributed by atoms with van der Waals surface area (Å²) in [4.78, 5) is 2.99. The van der Waals surface area contributed by atoms with E-state index in [-0.39, 0.29) is 6.04 Å². The van der Waals surface area contributed by atoms with Gasteiger partial charge >= 0.3 is 0 Å². The van der Waals surface area contributed by atoms with Gasteiger partial charge in [0.2, 0.25) is 0 Å². The van der Waals surface area contributed by atoms with E-state index in [1.165, 1.54) is 28.4 Å². The summed E-state index contributed by atoms with van der Waals surface area (Å²) in [5.74, 6) is 2.44. The number of thioether (sulfide) groups is 1. The smallest absolute Gasteiger partial charge is 0.0863 e. The first-order valence-electron chi connectivity index (χ1n) is 6.70. The number of hydrogen-bond donors (Lipinski definition) is 1. The lowest BCUT2D eigenvalue weighted by Crippen LogP contribution is -2.21. The molecule has 3 heterocycles. The van der Waals surface area contributed by atoms with Crippen LogP contribution in [0.1, 0.15) is 34.0 Å². The number of aryl methyl sites for hydroxylation is 2. The normalized spacial score (nSPS) is 16.3. The molecule has 1 atom stereocenters. The van der Waals surface area contributed by atoms with Crippen LogP contribution in [0.3, 0.4) is 0 Å². The first-order valence-corrected chi connectivity index (χ1v) is 8.67. The lowest BCUT2D eigenvalue weighted by atomic mass is 10.1. The van der Waals surface area contributed by atoms with Crippen LogP contribution in [0.15, 0.2) is 18.3 Å². The van der Waals surface area contributed by atoms with Gasteiger partial charge in [-0.3, -0.25) is 4.68 Å². The van der Waals surface area contributed by atoms with Gasteiger partial charge in [0.15, 0.2) is 0 Å². The molecule has 3 nitrogen and oxygen atoms in total. The highest BCUT2D eigenvalue weighted by molar-refractivity contribution is 7.98. The van der Waals surface area contributed by atoms with Gasteiger partial charge in [0.25, 0.3) is 0 Å². The van der Waals surface area contributed by atoms with Crippen molar-refractivity contribution in [2.75, 3.05) is 12.3 Å². The van der Waals surface area contributed by atoms with E-state index in [1.807, 2.05) is 41.0 Å². The fourth-order valence-electron chi connectivity index (χ4n) is 2.45. The Morgan fingerprint density at radius 1 is 1.53 bits per heavy atom. The van der Waals surface area contributed by atoms with Crippen LogP contribution in [-0.2, 0) is 19.2 Å². The third kappa shape index (κ3) is 2.73. The van der Waals surface area contributed by atoms with Crippen LogP contribution in [0, 0.1) is 0 Å². The molecule has 0 aliphatic carbocycles. The van der Waals surface area contributed by atoms with Gasteiger partial charge in [-0.05, 0) is 36.4 Å².